The second-order valence-corrected chi connectivity index (χ2v) is 8.90. The lowest BCUT2D eigenvalue weighted by Crippen LogP contribution is -2.40. The van der Waals surface area contributed by atoms with E-state index in [1.54, 1.807) is 30.3 Å². The largest absolute Gasteiger partial charge is 0.341 e. The monoisotopic (exact) mass is 431 g/mol. The molecule has 1 unspecified atom stereocenters. The summed E-state index contributed by atoms with van der Waals surface area (Å²) in [5.74, 6) is -0.112. The zero-order valence-corrected chi connectivity index (χ0v) is 17.2. The Bertz CT molecular complexity index is 994. The van der Waals surface area contributed by atoms with E-state index in [-0.39, 0.29) is 23.5 Å². The first-order valence-electron chi connectivity index (χ1n) is 9.34. The zero-order valence-electron chi connectivity index (χ0n) is 15.6. The van der Waals surface area contributed by atoms with Crippen LogP contribution in [0.1, 0.15) is 23.8 Å². The van der Waals surface area contributed by atoms with E-state index in [4.69, 9.17) is 0 Å². The third-order valence-electron chi connectivity index (χ3n) is 4.84. The van der Waals surface area contributed by atoms with E-state index in [1.165, 1.54) is 41.3 Å². The maximum atomic E-state index is 14.0. The molecule has 1 aromatic heterocycles. The molecule has 4 rings (SSSR count). The van der Waals surface area contributed by atoms with Crippen LogP contribution in [0, 0.1) is 11.6 Å². The van der Waals surface area contributed by atoms with Crippen LogP contribution in [-0.4, -0.2) is 39.8 Å². The minimum atomic E-state index is -0.312. The van der Waals surface area contributed by atoms with Crippen LogP contribution in [0.25, 0.3) is 10.6 Å². The Morgan fingerprint density at radius 2 is 1.93 bits per heavy atom. The molecule has 1 amide bonds. The topological polar surface area (TPSA) is 46.1 Å². The van der Waals surface area contributed by atoms with E-state index in [2.05, 4.69) is 10.2 Å². The van der Waals surface area contributed by atoms with Gasteiger partial charge in [0.25, 0.3) is 0 Å². The van der Waals surface area contributed by atoms with Crippen LogP contribution in [0.4, 0.5) is 8.78 Å². The van der Waals surface area contributed by atoms with Crippen molar-refractivity contribution < 1.29 is 13.6 Å². The number of hydrogen-bond acceptors (Lipinski definition) is 5. The minimum Gasteiger partial charge on any atom is -0.341 e. The second-order valence-electron chi connectivity index (χ2n) is 6.85. The average Bonchev–Trinajstić information content (AvgIpc) is 3.23. The SMILES string of the molecule is O=C(CSc1ccc(F)cc1)N1CCCC(c2nnc(-c3ccccc3F)s2)C1. The van der Waals surface area contributed by atoms with Crippen LogP contribution < -0.4 is 0 Å². The number of carbonyl (C=O) groups is 1. The molecular formula is C21H19F2N3OS2. The standard InChI is InChI=1S/C21H19F2N3OS2/c22-15-7-9-16(10-8-15)28-13-19(27)26-11-3-4-14(12-26)20-24-25-21(29-20)17-5-1-2-6-18(17)23/h1-2,5-10,14H,3-4,11-13H2. The smallest absolute Gasteiger partial charge is 0.232 e. The zero-order chi connectivity index (χ0) is 20.2. The van der Waals surface area contributed by atoms with Crippen LogP contribution in [0.2, 0.25) is 0 Å². The molecular weight excluding hydrogens is 412 g/mol. The molecule has 3 aromatic rings. The summed E-state index contributed by atoms with van der Waals surface area (Å²) >= 11 is 2.80. The molecule has 150 valence electrons. The number of likely N-dealkylation sites (tertiary alicyclic amines) is 1. The van der Waals surface area contributed by atoms with Crippen molar-refractivity contribution in [2.45, 2.75) is 23.7 Å². The van der Waals surface area contributed by atoms with Gasteiger partial charge in [0.15, 0.2) is 5.01 Å². The van der Waals surface area contributed by atoms with E-state index < -0.39 is 0 Å². The average molecular weight is 432 g/mol. The van der Waals surface area contributed by atoms with Gasteiger partial charge in [0.05, 0.1) is 5.75 Å². The second kappa shape index (κ2) is 9.00. The van der Waals surface area contributed by atoms with Crippen LogP contribution in [-0.2, 0) is 4.79 Å². The summed E-state index contributed by atoms with van der Waals surface area (Å²) in [5, 5.41) is 9.84. The number of carbonyl (C=O) groups excluding carboxylic acids is 1. The molecule has 0 radical (unpaired) electrons. The Labute approximate surface area is 176 Å². The Hall–Kier alpha value is -2.32. The van der Waals surface area contributed by atoms with Gasteiger partial charge in [-0.1, -0.05) is 23.5 Å². The van der Waals surface area contributed by atoms with Crippen LogP contribution in [0.3, 0.4) is 0 Å². The Morgan fingerprint density at radius 3 is 2.72 bits per heavy atom. The van der Waals surface area contributed by atoms with Crippen molar-refractivity contribution in [1.82, 2.24) is 15.1 Å². The van der Waals surface area contributed by atoms with Gasteiger partial charge in [0.1, 0.15) is 16.6 Å². The summed E-state index contributed by atoms with van der Waals surface area (Å²) < 4.78 is 27.0. The molecule has 1 aliphatic rings. The van der Waals surface area contributed by atoms with Crippen molar-refractivity contribution >= 4 is 29.0 Å². The molecule has 1 fully saturated rings. The predicted molar refractivity (Wildman–Crippen MR) is 111 cm³/mol. The van der Waals surface area contributed by atoms with Crippen molar-refractivity contribution in [1.29, 1.82) is 0 Å². The Balaban J connectivity index is 1.39. The first-order valence-corrected chi connectivity index (χ1v) is 11.1. The predicted octanol–water partition coefficient (Wildman–Crippen LogP) is 4.98. The lowest BCUT2D eigenvalue weighted by atomic mass is 9.99. The van der Waals surface area contributed by atoms with Crippen LogP contribution >= 0.6 is 23.1 Å². The van der Waals surface area contributed by atoms with Gasteiger partial charge in [-0.05, 0) is 49.2 Å². The van der Waals surface area contributed by atoms with Crippen molar-refractivity contribution in [3.8, 4) is 10.6 Å². The number of thioether (sulfide) groups is 1. The number of piperidine rings is 1. The van der Waals surface area contributed by atoms with E-state index in [0.717, 1.165) is 29.3 Å². The van der Waals surface area contributed by atoms with Gasteiger partial charge in [0.2, 0.25) is 5.91 Å². The molecule has 29 heavy (non-hydrogen) atoms. The number of halogens is 2. The van der Waals surface area contributed by atoms with Gasteiger partial charge in [-0.25, -0.2) is 8.78 Å². The molecule has 0 N–H and O–H groups in total. The third-order valence-corrected chi connectivity index (χ3v) is 6.96. The maximum Gasteiger partial charge on any atom is 0.232 e. The molecule has 1 aliphatic heterocycles. The Morgan fingerprint density at radius 1 is 1.14 bits per heavy atom. The summed E-state index contributed by atoms with van der Waals surface area (Å²) in [6, 6.07) is 12.7. The Kier molecular flexibility index (Phi) is 6.20. The molecule has 0 bridgehead atoms. The van der Waals surface area contributed by atoms with Crippen LogP contribution in [0.15, 0.2) is 53.4 Å². The number of hydrogen-bond donors (Lipinski definition) is 0. The number of aromatic nitrogens is 2. The lowest BCUT2D eigenvalue weighted by molar-refractivity contribution is -0.129. The summed E-state index contributed by atoms with van der Waals surface area (Å²) in [7, 11) is 0. The summed E-state index contributed by atoms with van der Waals surface area (Å²) in [6.07, 6.45) is 1.83. The molecule has 0 saturated carbocycles. The maximum absolute atomic E-state index is 14.0. The summed E-state index contributed by atoms with van der Waals surface area (Å²) in [6.45, 7) is 1.31. The molecule has 2 heterocycles. The van der Waals surface area contributed by atoms with Crippen molar-refractivity contribution in [3.05, 3.63) is 65.2 Å². The molecule has 0 spiro atoms. The van der Waals surface area contributed by atoms with E-state index in [9.17, 15) is 13.6 Å². The quantitative estimate of drug-likeness (QED) is 0.535. The van der Waals surface area contributed by atoms with Gasteiger partial charge < -0.3 is 4.90 Å². The minimum absolute atomic E-state index is 0.0582. The lowest BCUT2D eigenvalue weighted by Gasteiger charge is -2.31. The van der Waals surface area contributed by atoms with Gasteiger partial charge in [-0.2, -0.15) is 0 Å². The molecule has 1 atom stereocenters. The molecule has 1 saturated heterocycles. The van der Waals surface area contributed by atoms with Crippen molar-refractivity contribution in [2.24, 2.45) is 0 Å². The number of benzene rings is 2. The van der Waals surface area contributed by atoms with Crippen molar-refractivity contribution in [3.63, 3.8) is 0 Å². The van der Waals surface area contributed by atoms with Crippen molar-refractivity contribution in [2.75, 3.05) is 18.8 Å². The van der Waals surface area contributed by atoms with E-state index in [0.29, 0.717) is 22.9 Å². The number of amides is 1. The fourth-order valence-corrected chi connectivity index (χ4v) is 5.11. The molecule has 8 heteroatoms. The highest BCUT2D eigenvalue weighted by Crippen LogP contribution is 2.33. The van der Waals surface area contributed by atoms with Gasteiger partial charge in [-0.3, -0.25) is 4.79 Å². The normalized spacial score (nSPS) is 16.8. The summed E-state index contributed by atoms with van der Waals surface area (Å²) in [4.78, 5) is 15.4. The van der Waals surface area contributed by atoms with Crippen LogP contribution in [0.5, 0.6) is 0 Å². The third kappa shape index (κ3) is 4.82. The van der Waals surface area contributed by atoms with Gasteiger partial charge in [-0.15, -0.1) is 22.0 Å². The molecule has 2 aromatic carbocycles. The molecule has 0 aliphatic carbocycles. The highest BCUT2D eigenvalue weighted by molar-refractivity contribution is 8.00. The summed E-state index contributed by atoms with van der Waals surface area (Å²) in [5.41, 5.74) is 0.454. The fourth-order valence-electron chi connectivity index (χ4n) is 3.32. The first kappa shape index (κ1) is 20.0. The fraction of sp³-hybridized carbons (Fsp3) is 0.286. The number of nitrogens with zero attached hydrogens (tertiary/aromatic N) is 3. The highest BCUT2D eigenvalue weighted by atomic mass is 32.2. The number of rotatable bonds is 5. The highest BCUT2D eigenvalue weighted by Gasteiger charge is 2.27. The molecule has 4 nitrogen and oxygen atoms in total. The first-order chi connectivity index (χ1) is 14.1. The van der Waals surface area contributed by atoms with Gasteiger partial charge >= 0.3 is 0 Å². The van der Waals surface area contributed by atoms with E-state index >= 15 is 0 Å². The van der Waals surface area contributed by atoms with Gasteiger partial charge in [0, 0.05) is 29.5 Å². The van der Waals surface area contributed by atoms with E-state index in [1.807, 2.05) is 4.90 Å².